The Morgan fingerprint density at radius 3 is 2.95 bits per heavy atom. The average Bonchev–Trinajstić information content (AvgIpc) is 2.92. The summed E-state index contributed by atoms with van der Waals surface area (Å²) in [6, 6.07) is 9.25. The number of aromatic carboxylic acids is 1. The molecule has 0 amide bonds. The highest BCUT2D eigenvalue weighted by Gasteiger charge is 2.15. The Labute approximate surface area is 124 Å². The first-order valence-electron chi connectivity index (χ1n) is 5.99. The minimum atomic E-state index is -0.903. The Morgan fingerprint density at radius 2 is 2.25 bits per heavy atom. The average molecular weight is 307 g/mol. The Morgan fingerprint density at radius 1 is 1.45 bits per heavy atom. The summed E-state index contributed by atoms with van der Waals surface area (Å²) >= 11 is 7.22. The number of carboxylic acid groups (broad SMARTS) is 1. The number of benzene rings is 1. The molecule has 0 aliphatic heterocycles. The van der Waals surface area contributed by atoms with Gasteiger partial charge < -0.3 is 5.11 Å². The van der Waals surface area contributed by atoms with Crippen molar-refractivity contribution in [3.05, 3.63) is 51.5 Å². The summed E-state index contributed by atoms with van der Waals surface area (Å²) in [5.74, 6) is -0.903. The maximum atomic E-state index is 11.1. The van der Waals surface area contributed by atoms with E-state index in [4.69, 9.17) is 16.7 Å². The second-order valence-corrected chi connectivity index (χ2v) is 5.97. The van der Waals surface area contributed by atoms with Crippen molar-refractivity contribution in [2.24, 2.45) is 0 Å². The van der Waals surface area contributed by atoms with Gasteiger partial charge in [0.1, 0.15) is 9.71 Å². The lowest BCUT2D eigenvalue weighted by Crippen LogP contribution is -2.01. The van der Waals surface area contributed by atoms with Crippen LogP contribution in [0.1, 0.15) is 20.9 Å². The van der Waals surface area contributed by atoms with Crippen LogP contribution in [0.4, 0.5) is 0 Å². The van der Waals surface area contributed by atoms with Gasteiger partial charge in [-0.1, -0.05) is 23.7 Å². The molecule has 0 unspecified atom stereocenters. The van der Waals surface area contributed by atoms with Crippen LogP contribution in [-0.4, -0.2) is 20.9 Å². The predicted octanol–water partition coefficient (Wildman–Crippen LogP) is 3.81. The molecule has 4 nitrogen and oxygen atoms in total. The van der Waals surface area contributed by atoms with Crippen LogP contribution in [-0.2, 0) is 6.54 Å². The fraction of sp³-hybridized carbons (Fsp3) is 0.143. The van der Waals surface area contributed by atoms with Crippen molar-refractivity contribution in [1.82, 2.24) is 9.78 Å². The van der Waals surface area contributed by atoms with E-state index >= 15 is 0 Å². The lowest BCUT2D eigenvalue weighted by atomic mass is 10.2. The van der Waals surface area contributed by atoms with Crippen LogP contribution in [0.2, 0.25) is 5.02 Å². The largest absolute Gasteiger partial charge is 0.477 e. The molecule has 0 fully saturated rings. The standard InChI is InChI=1S/C14H11ClN2O2S/c1-8-11-6-12(14(18)19)20-13(11)17(16-8)7-9-3-2-4-10(15)5-9/h2-6H,7H2,1H3,(H,18,19). The number of thiophene rings is 1. The van der Waals surface area contributed by atoms with E-state index in [2.05, 4.69) is 5.10 Å². The molecule has 1 N–H and O–H groups in total. The smallest absolute Gasteiger partial charge is 0.345 e. The van der Waals surface area contributed by atoms with Crippen molar-refractivity contribution in [2.45, 2.75) is 13.5 Å². The van der Waals surface area contributed by atoms with Crippen LogP contribution in [0, 0.1) is 6.92 Å². The molecule has 0 atom stereocenters. The molecule has 0 saturated heterocycles. The zero-order valence-electron chi connectivity index (χ0n) is 10.6. The molecular weight excluding hydrogens is 296 g/mol. The number of carboxylic acids is 1. The number of aryl methyl sites for hydroxylation is 1. The number of fused-ring (bicyclic) bond motifs is 1. The van der Waals surface area contributed by atoms with Crippen molar-refractivity contribution in [2.75, 3.05) is 0 Å². The van der Waals surface area contributed by atoms with Crippen LogP contribution >= 0.6 is 22.9 Å². The van der Waals surface area contributed by atoms with Gasteiger partial charge in [0.15, 0.2) is 0 Å². The quantitative estimate of drug-likeness (QED) is 0.800. The number of hydrogen-bond donors (Lipinski definition) is 1. The number of halogens is 1. The number of hydrogen-bond acceptors (Lipinski definition) is 3. The lowest BCUT2D eigenvalue weighted by Gasteiger charge is -2.03. The molecule has 2 heterocycles. The summed E-state index contributed by atoms with van der Waals surface area (Å²) < 4.78 is 1.83. The van der Waals surface area contributed by atoms with Gasteiger partial charge in [-0.25, -0.2) is 4.79 Å². The van der Waals surface area contributed by atoms with Crippen LogP contribution in [0.3, 0.4) is 0 Å². The van der Waals surface area contributed by atoms with E-state index in [1.807, 2.05) is 35.9 Å². The first-order chi connectivity index (χ1) is 9.54. The molecule has 0 aliphatic carbocycles. The molecule has 0 radical (unpaired) electrons. The maximum absolute atomic E-state index is 11.1. The van der Waals surface area contributed by atoms with Crippen LogP contribution < -0.4 is 0 Å². The third-order valence-corrected chi connectivity index (χ3v) is 4.41. The van der Waals surface area contributed by atoms with Crippen molar-refractivity contribution in [3.63, 3.8) is 0 Å². The van der Waals surface area contributed by atoms with Gasteiger partial charge in [0.25, 0.3) is 0 Å². The molecule has 1 aromatic carbocycles. The Kier molecular flexibility index (Phi) is 3.23. The van der Waals surface area contributed by atoms with Gasteiger partial charge in [0.05, 0.1) is 12.2 Å². The summed E-state index contributed by atoms with van der Waals surface area (Å²) in [5.41, 5.74) is 1.87. The van der Waals surface area contributed by atoms with E-state index < -0.39 is 5.97 Å². The van der Waals surface area contributed by atoms with E-state index in [1.54, 1.807) is 6.07 Å². The fourth-order valence-corrected chi connectivity index (χ4v) is 3.35. The number of rotatable bonds is 3. The van der Waals surface area contributed by atoms with E-state index in [0.29, 0.717) is 16.4 Å². The van der Waals surface area contributed by atoms with Crippen LogP contribution in [0.15, 0.2) is 30.3 Å². The number of aromatic nitrogens is 2. The fourth-order valence-electron chi connectivity index (χ4n) is 2.13. The highest BCUT2D eigenvalue weighted by Crippen LogP contribution is 2.29. The van der Waals surface area contributed by atoms with Crippen molar-refractivity contribution < 1.29 is 9.90 Å². The van der Waals surface area contributed by atoms with Gasteiger partial charge >= 0.3 is 5.97 Å². The highest BCUT2D eigenvalue weighted by molar-refractivity contribution is 7.20. The summed E-state index contributed by atoms with van der Waals surface area (Å²) in [7, 11) is 0. The molecular formula is C14H11ClN2O2S. The van der Waals surface area contributed by atoms with Crippen molar-refractivity contribution >= 4 is 39.1 Å². The van der Waals surface area contributed by atoms with Crippen molar-refractivity contribution in [3.8, 4) is 0 Å². The molecule has 0 bridgehead atoms. The van der Waals surface area contributed by atoms with Gasteiger partial charge in [-0.2, -0.15) is 5.10 Å². The summed E-state index contributed by atoms with van der Waals surface area (Å²) in [6.45, 7) is 2.46. The first-order valence-corrected chi connectivity index (χ1v) is 7.19. The van der Waals surface area contributed by atoms with Crippen LogP contribution in [0.25, 0.3) is 10.2 Å². The van der Waals surface area contributed by atoms with Gasteiger partial charge in [-0.3, -0.25) is 4.68 Å². The zero-order chi connectivity index (χ0) is 14.3. The summed E-state index contributed by atoms with van der Waals surface area (Å²) in [5, 5.41) is 15.1. The molecule has 2 aromatic heterocycles. The van der Waals surface area contributed by atoms with Crippen LogP contribution in [0.5, 0.6) is 0 Å². The van der Waals surface area contributed by atoms with E-state index in [1.165, 1.54) is 11.3 Å². The lowest BCUT2D eigenvalue weighted by molar-refractivity contribution is 0.0702. The van der Waals surface area contributed by atoms with E-state index in [-0.39, 0.29) is 0 Å². The van der Waals surface area contributed by atoms with E-state index in [0.717, 1.165) is 21.5 Å². The van der Waals surface area contributed by atoms with Crippen molar-refractivity contribution in [1.29, 1.82) is 0 Å². The first kappa shape index (κ1) is 13.1. The molecule has 3 rings (SSSR count). The predicted molar refractivity (Wildman–Crippen MR) is 79.9 cm³/mol. The second kappa shape index (κ2) is 4.92. The third-order valence-electron chi connectivity index (χ3n) is 3.04. The van der Waals surface area contributed by atoms with Gasteiger partial charge in [0, 0.05) is 10.4 Å². The molecule has 0 aliphatic rings. The highest BCUT2D eigenvalue weighted by atomic mass is 35.5. The number of carbonyl (C=O) groups is 1. The summed E-state index contributed by atoms with van der Waals surface area (Å²) in [4.78, 5) is 12.3. The minimum Gasteiger partial charge on any atom is -0.477 e. The zero-order valence-corrected chi connectivity index (χ0v) is 12.2. The second-order valence-electron chi connectivity index (χ2n) is 4.51. The third kappa shape index (κ3) is 2.30. The minimum absolute atomic E-state index is 0.334. The SMILES string of the molecule is Cc1nn(Cc2cccc(Cl)c2)c2sc(C(=O)O)cc12. The molecule has 20 heavy (non-hydrogen) atoms. The number of nitrogens with zero attached hydrogens (tertiary/aromatic N) is 2. The molecule has 0 spiro atoms. The molecule has 0 saturated carbocycles. The van der Waals surface area contributed by atoms with E-state index in [9.17, 15) is 4.79 Å². The summed E-state index contributed by atoms with van der Waals surface area (Å²) in [6.07, 6.45) is 0. The maximum Gasteiger partial charge on any atom is 0.345 e. The topological polar surface area (TPSA) is 55.1 Å². The normalized spacial score (nSPS) is 11.1. The molecule has 3 aromatic rings. The van der Waals surface area contributed by atoms with Gasteiger partial charge in [0.2, 0.25) is 0 Å². The Hall–Kier alpha value is -1.85. The van der Waals surface area contributed by atoms with Gasteiger partial charge in [-0.05, 0) is 30.7 Å². The van der Waals surface area contributed by atoms with Gasteiger partial charge in [-0.15, -0.1) is 11.3 Å². The monoisotopic (exact) mass is 306 g/mol. The Bertz CT molecular complexity index is 807. The molecule has 102 valence electrons. The molecule has 6 heteroatoms. The Balaban J connectivity index is 2.05.